The quantitative estimate of drug-likeness (QED) is 0.794. The van der Waals surface area contributed by atoms with E-state index in [0.717, 1.165) is 19.7 Å². The Hall–Kier alpha value is -0.900. The smallest absolute Gasteiger partial charge is 0.0589 e. The van der Waals surface area contributed by atoms with Gasteiger partial charge in [-0.25, -0.2) is 0 Å². The maximum absolute atomic E-state index is 6.06. The molecule has 1 rings (SSSR count). The van der Waals surface area contributed by atoms with E-state index in [9.17, 15) is 0 Å². The Morgan fingerprint density at radius 3 is 2.40 bits per heavy atom. The van der Waals surface area contributed by atoms with Gasteiger partial charge in [0.15, 0.2) is 0 Å². The molecule has 3 heteroatoms. The predicted molar refractivity (Wildman–Crippen MR) is 86.0 cm³/mol. The summed E-state index contributed by atoms with van der Waals surface area (Å²) in [5.41, 5.74) is 10.0. The monoisotopic (exact) mass is 278 g/mol. The zero-order valence-corrected chi connectivity index (χ0v) is 13.6. The minimum atomic E-state index is 0.270. The Balaban J connectivity index is 2.94. The van der Waals surface area contributed by atoms with Crippen LogP contribution in [-0.2, 0) is 4.74 Å². The molecule has 0 aliphatic heterocycles. The summed E-state index contributed by atoms with van der Waals surface area (Å²) in [6.07, 6.45) is 0. The Bertz CT molecular complexity index is 404. The van der Waals surface area contributed by atoms with Crippen LogP contribution in [0.4, 0.5) is 0 Å². The molecule has 20 heavy (non-hydrogen) atoms. The molecule has 0 radical (unpaired) electrons. The molecule has 0 saturated heterocycles. The second-order valence-corrected chi connectivity index (χ2v) is 5.98. The molecule has 0 spiro atoms. The van der Waals surface area contributed by atoms with Gasteiger partial charge in [0.05, 0.1) is 6.61 Å². The third-order valence-corrected chi connectivity index (χ3v) is 3.76. The number of rotatable bonds is 8. The molecule has 0 aromatic heterocycles. The van der Waals surface area contributed by atoms with Gasteiger partial charge in [-0.1, -0.05) is 32.0 Å². The van der Waals surface area contributed by atoms with Crippen LogP contribution in [0.3, 0.4) is 0 Å². The van der Waals surface area contributed by atoms with E-state index in [-0.39, 0.29) is 6.04 Å². The average Bonchev–Trinajstić information content (AvgIpc) is 2.40. The number of ether oxygens (including phenoxy) is 1. The van der Waals surface area contributed by atoms with E-state index in [0.29, 0.717) is 12.5 Å². The summed E-state index contributed by atoms with van der Waals surface area (Å²) in [7, 11) is 1.75. The van der Waals surface area contributed by atoms with E-state index < -0.39 is 0 Å². The van der Waals surface area contributed by atoms with Crippen LogP contribution in [0.1, 0.15) is 36.6 Å². The van der Waals surface area contributed by atoms with Crippen molar-refractivity contribution in [3.05, 3.63) is 34.9 Å². The lowest BCUT2D eigenvalue weighted by Gasteiger charge is -2.32. The second-order valence-electron chi connectivity index (χ2n) is 5.98. The minimum absolute atomic E-state index is 0.270. The highest BCUT2D eigenvalue weighted by atomic mass is 16.5. The van der Waals surface area contributed by atoms with Gasteiger partial charge in [0.2, 0.25) is 0 Å². The first-order valence-corrected chi connectivity index (χ1v) is 7.49. The maximum Gasteiger partial charge on any atom is 0.0589 e. The molecular weight excluding hydrogens is 248 g/mol. The Labute approximate surface area is 124 Å². The highest BCUT2D eigenvalue weighted by Gasteiger charge is 2.20. The fraction of sp³-hybridized carbons (Fsp3) is 0.647. The molecule has 2 N–H and O–H groups in total. The van der Waals surface area contributed by atoms with Crippen LogP contribution < -0.4 is 5.73 Å². The standard InChI is InChI=1S/C17H30N2O/c1-13(2)12-19(8-9-20-5)17(11-18)16-7-6-14(3)15(4)10-16/h6-7,10,13,17H,8-9,11-12,18H2,1-5H3. The summed E-state index contributed by atoms with van der Waals surface area (Å²) in [5.74, 6) is 0.618. The van der Waals surface area contributed by atoms with Crippen molar-refractivity contribution in [2.75, 3.05) is 33.4 Å². The Morgan fingerprint density at radius 1 is 1.20 bits per heavy atom. The molecule has 3 nitrogen and oxygen atoms in total. The van der Waals surface area contributed by atoms with Crippen molar-refractivity contribution < 1.29 is 4.74 Å². The first-order valence-electron chi connectivity index (χ1n) is 7.49. The van der Waals surface area contributed by atoms with Crippen LogP contribution in [0.25, 0.3) is 0 Å². The number of nitrogens with two attached hydrogens (primary N) is 1. The lowest BCUT2D eigenvalue weighted by molar-refractivity contribution is 0.112. The van der Waals surface area contributed by atoms with Gasteiger partial charge in [-0.3, -0.25) is 4.90 Å². The van der Waals surface area contributed by atoms with Gasteiger partial charge >= 0.3 is 0 Å². The van der Waals surface area contributed by atoms with Crippen LogP contribution in [-0.4, -0.2) is 38.3 Å². The second kappa shape index (κ2) is 8.40. The van der Waals surface area contributed by atoms with Crippen LogP contribution >= 0.6 is 0 Å². The van der Waals surface area contributed by atoms with Gasteiger partial charge in [0, 0.05) is 32.8 Å². The van der Waals surface area contributed by atoms with E-state index in [4.69, 9.17) is 10.5 Å². The van der Waals surface area contributed by atoms with Gasteiger partial charge in [-0.2, -0.15) is 0 Å². The van der Waals surface area contributed by atoms with Crippen molar-refractivity contribution in [2.45, 2.75) is 33.7 Å². The SMILES string of the molecule is COCCN(CC(C)C)C(CN)c1ccc(C)c(C)c1. The predicted octanol–water partition coefficient (Wildman–Crippen LogP) is 2.91. The number of aryl methyl sites for hydroxylation is 2. The van der Waals surface area contributed by atoms with E-state index in [1.165, 1.54) is 16.7 Å². The molecule has 0 aliphatic rings. The van der Waals surface area contributed by atoms with Crippen LogP contribution in [0.2, 0.25) is 0 Å². The summed E-state index contributed by atoms with van der Waals surface area (Å²) < 4.78 is 5.24. The van der Waals surface area contributed by atoms with Crippen molar-refractivity contribution >= 4 is 0 Å². The van der Waals surface area contributed by atoms with Gasteiger partial charge in [-0.15, -0.1) is 0 Å². The Kier molecular flexibility index (Phi) is 7.20. The molecule has 0 aliphatic carbocycles. The molecule has 0 heterocycles. The third-order valence-electron chi connectivity index (χ3n) is 3.76. The average molecular weight is 278 g/mol. The van der Waals surface area contributed by atoms with E-state index in [1.54, 1.807) is 7.11 Å². The summed E-state index contributed by atoms with van der Waals surface area (Å²) in [6, 6.07) is 6.94. The number of benzene rings is 1. The topological polar surface area (TPSA) is 38.5 Å². The van der Waals surface area contributed by atoms with Crippen LogP contribution in [0, 0.1) is 19.8 Å². The lowest BCUT2D eigenvalue weighted by Crippen LogP contribution is -2.38. The number of hydrogen-bond donors (Lipinski definition) is 1. The van der Waals surface area contributed by atoms with Crippen molar-refractivity contribution in [1.82, 2.24) is 4.90 Å². The van der Waals surface area contributed by atoms with Crippen molar-refractivity contribution in [2.24, 2.45) is 11.7 Å². The minimum Gasteiger partial charge on any atom is -0.383 e. The first-order chi connectivity index (χ1) is 9.49. The van der Waals surface area contributed by atoms with Gasteiger partial charge < -0.3 is 10.5 Å². The molecular formula is C17H30N2O. The molecule has 1 aromatic carbocycles. The van der Waals surface area contributed by atoms with E-state index in [2.05, 4.69) is 50.8 Å². The molecule has 0 fully saturated rings. The number of hydrogen-bond acceptors (Lipinski definition) is 3. The molecule has 0 bridgehead atoms. The highest BCUT2D eigenvalue weighted by Crippen LogP contribution is 2.23. The fourth-order valence-electron chi connectivity index (χ4n) is 2.52. The van der Waals surface area contributed by atoms with Gasteiger partial charge in [-0.05, 0) is 36.5 Å². The van der Waals surface area contributed by atoms with Gasteiger partial charge in [0.1, 0.15) is 0 Å². The van der Waals surface area contributed by atoms with Crippen LogP contribution in [0.15, 0.2) is 18.2 Å². The molecule has 114 valence electrons. The number of nitrogens with zero attached hydrogens (tertiary/aromatic N) is 1. The third kappa shape index (κ3) is 4.89. The van der Waals surface area contributed by atoms with Gasteiger partial charge in [0.25, 0.3) is 0 Å². The Morgan fingerprint density at radius 2 is 1.90 bits per heavy atom. The molecule has 0 amide bonds. The van der Waals surface area contributed by atoms with Crippen molar-refractivity contribution in [1.29, 1.82) is 0 Å². The van der Waals surface area contributed by atoms with E-state index >= 15 is 0 Å². The zero-order valence-electron chi connectivity index (χ0n) is 13.6. The van der Waals surface area contributed by atoms with Crippen molar-refractivity contribution in [3.8, 4) is 0 Å². The fourth-order valence-corrected chi connectivity index (χ4v) is 2.52. The molecule has 1 atom stereocenters. The van der Waals surface area contributed by atoms with Crippen LogP contribution in [0.5, 0.6) is 0 Å². The maximum atomic E-state index is 6.06. The normalized spacial score (nSPS) is 13.2. The largest absolute Gasteiger partial charge is 0.383 e. The summed E-state index contributed by atoms with van der Waals surface area (Å²) >= 11 is 0. The zero-order chi connectivity index (χ0) is 15.1. The molecule has 1 unspecified atom stereocenters. The highest BCUT2D eigenvalue weighted by molar-refractivity contribution is 5.32. The van der Waals surface area contributed by atoms with Crippen molar-refractivity contribution in [3.63, 3.8) is 0 Å². The number of methoxy groups -OCH3 is 1. The molecule has 1 aromatic rings. The summed E-state index contributed by atoms with van der Waals surface area (Å²) in [6.45, 7) is 12.1. The van der Waals surface area contributed by atoms with E-state index in [1.807, 2.05) is 0 Å². The lowest BCUT2D eigenvalue weighted by atomic mass is 9.99. The molecule has 0 saturated carbocycles. The first kappa shape index (κ1) is 17.2. The summed E-state index contributed by atoms with van der Waals surface area (Å²) in [4.78, 5) is 2.44. The summed E-state index contributed by atoms with van der Waals surface area (Å²) in [5, 5.41) is 0.